The second-order valence-corrected chi connectivity index (χ2v) is 7.08. The zero-order valence-electron chi connectivity index (χ0n) is 14.4. The molecule has 0 aromatic heterocycles. The molecule has 0 aliphatic carbocycles. The van der Waals surface area contributed by atoms with Crippen LogP contribution >= 0.6 is 0 Å². The molecule has 0 aliphatic rings. The Morgan fingerprint density at radius 3 is 1.81 bits per heavy atom. The molecule has 112 valence electrons. The summed E-state index contributed by atoms with van der Waals surface area (Å²) in [6.07, 6.45) is 0. The van der Waals surface area contributed by atoms with Gasteiger partial charge in [-0.05, 0) is 66.6 Å². The van der Waals surface area contributed by atoms with E-state index in [9.17, 15) is 0 Å². The minimum Gasteiger partial charge on any atom is -0.344 e. The van der Waals surface area contributed by atoms with Crippen LogP contribution in [0.1, 0.15) is 43.0 Å². The third-order valence-corrected chi connectivity index (χ3v) is 4.29. The highest BCUT2D eigenvalue weighted by atomic mass is 15.1. The summed E-state index contributed by atoms with van der Waals surface area (Å²) in [7, 11) is 2.14. The monoisotopic (exact) mass is 281 g/mol. The van der Waals surface area contributed by atoms with Crippen molar-refractivity contribution in [3.63, 3.8) is 0 Å². The number of aryl methyl sites for hydroxylation is 3. The fraction of sp³-hybridized carbons (Fsp3) is 0.400. The normalized spacial score (nSPS) is 11.6. The number of hydrogen-bond donors (Lipinski definition) is 0. The maximum absolute atomic E-state index is 2.28. The van der Waals surface area contributed by atoms with Gasteiger partial charge in [0.05, 0.1) is 0 Å². The lowest BCUT2D eigenvalue weighted by Crippen LogP contribution is -2.14. The zero-order valence-corrected chi connectivity index (χ0v) is 14.4. The topological polar surface area (TPSA) is 3.24 Å². The number of rotatable bonds is 2. The molecule has 2 aromatic carbocycles. The maximum atomic E-state index is 2.28. The summed E-state index contributed by atoms with van der Waals surface area (Å²) in [6.45, 7) is 13.3. The Bertz CT molecular complexity index is 630. The smallest absolute Gasteiger partial charge is 0.0440 e. The van der Waals surface area contributed by atoms with Crippen LogP contribution in [-0.4, -0.2) is 7.05 Å². The molecule has 1 nitrogen and oxygen atoms in total. The summed E-state index contributed by atoms with van der Waals surface area (Å²) in [6, 6.07) is 13.5. The van der Waals surface area contributed by atoms with Gasteiger partial charge < -0.3 is 4.90 Å². The minimum absolute atomic E-state index is 0.202. The van der Waals surface area contributed by atoms with E-state index < -0.39 is 0 Å². The van der Waals surface area contributed by atoms with E-state index in [1.165, 1.54) is 33.6 Å². The highest BCUT2D eigenvalue weighted by Gasteiger charge is 2.14. The van der Waals surface area contributed by atoms with Gasteiger partial charge >= 0.3 is 0 Å². The van der Waals surface area contributed by atoms with E-state index in [0.717, 1.165) is 0 Å². The molecular weight excluding hydrogens is 254 g/mol. The molecule has 0 saturated carbocycles. The zero-order chi connectivity index (χ0) is 15.8. The van der Waals surface area contributed by atoms with Crippen LogP contribution in [0.4, 0.5) is 11.4 Å². The third kappa shape index (κ3) is 3.29. The van der Waals surface area contributed by atoms with Crippen LogP contribution in [0.25, 0.3) is 0 Å². The Labute approximate surface area is 129 Å². The van der Waals surface area contributed by atoms with Crippen molar-refractivity contribution in [1.82, 2.24) is 0 Å². The van der Waals surface area contributed by atoms with Gasteiger partial charge in [0.15, 0.2) is 0 Å². The molecule has 0 N–H and O–H groups in total. The van der Waals surface area contributed by atoms with Crippen LogP contribution < -0.4 is 4.90 Å². The van der Waals surface area contributed by atoms with Gasteiger partial charge in [0.1, 0.15) is 0 Å². The standard InChI is InChI=1S/C20H27N/c1-14-12-16(3)19(13-15(14)2)21(7)18-10-8-17(9-11-18)20(4,5)6/h8-13H,1-7H3. The van der Waals surface area contributed by atoms with Crippen LogP contribution in [0, 0.1) is 20.8 Å². The van der Waals surface area contributed by atoms with Crippen LogP contribution in [-0.2, 0) is 5.41 Å². The second-order valence-electron chi connectivity index (χ2n) is 7.08. The van der Waals surface area contributed by atoms with Gasteiger partial charge in [0.2, 0.25) is 0 Å². The highest BCUT2D eigenvalue weighted by Crippen LogP contribution is 2.31. The van der Waals surface area contributed by atoms with E-state index in [1.54, 1.807) is 0 Å². The number of hydrogen-bond acceptors (Lipinski definition) is 1. The summed E-state index contributed by atoms with van der Waals surface area (Å²) >= 11 is 0. The average molecular weight is 281 g/mol. The Morgan fingerprint density at radius 2 is 1.29 bits per heavy atom. The maximum Gasteiger partial charge on any atom is 0.0440 e. The van der Waals surface area contributed by atoms with Gasteiger partial charge in [-0.3, -0.25) is 0 Å². The van der Waals surface area contributed by atoms with Crippen LogP contribution in [0.5, 0.6) is 0 Å². The lowest BCUT2D eigenvalue weighted by Gasteiger charge is -2.25. The quantitative estimate of drug-likeness (QED) is 0.684. The van der Waals surface area contributed by atoms with E-state index in [-0.39, 0.29) is 5.41 Å². The highest BCUT2D eigenvalue weighted by molar-refractivity contribution is 5.67. The van der Waals surface area contributed by atoms with Crippen LogP contribution in [0.3, 0.4) is 0 Å². The molecule has 0 bridgehead atoms. The summed E-state index contributed by atoms with van der Waals surface area (Å²) < 4.78 is 0. The fourth-order valence-corrected chi connectivity index (χ4v) is 2.63. The second kappa shape index (κ2) is 5.55. The van der Waals surface area contributed by atoms with Crippen molar-refractivity contribution in [3.05, 3.63) is 58.7 Å². The van der Waals surface area contributed by atoms with E-state index in [4.69, 9.17) is 0 Å². The van der Waals surface area contributed by atoms with Crippen molar-refractivity contribution in [2.75, 3.05) is 11.9 Å². The molecule has 0 amide bonds. The molecule has 0 heterocycles. The molecule has 0 spiro atoms. The van der Waals surface area contributed by atoms with Crippen molar-refractivity contribution in [1.29, 1.82) is 0 Å². The first kappa shape index (κ1) is 15.6. The lowest BCUT2D eigenvalue weighted by molar-refractivity contribution is 0.590. The van der Waals surface area contributed by atoms with Crippen molar-refractivity contribution >= 4 is 11.4 Å². The molecule has 21 heavy (non-hydrogen) atoms. The van der Waals surface area contributed by atoms with E-state index >= 15 is 0 Å². The van der Waals surface area contributed by atoms with E-state index in [2.05, 4.69) is 89.9 Å². The molecule has 0 saturated heterocycles. The lowest BCUT2D eigenvalue weighted by atomic mass is 9.87. The minimum atomic E-state index is 0.202. The Morgan fingerprint density at radius 1 is 0.762 bits per heavy atom. The predicted molar refractivity (Wildman–Crippen MR) is 93.9 cm³/mol. The summed E-state index contributed by atoms with van der Waals surface area (Å²) in [5.74, 6) is 0. The first-order valence-corrected chi connectivity index (χ1v) is 7.62. The van der Waals surface area contributed by atoms with Gasteiger partial charge in [-0.2, -0.15) is 0 Å². The van der Waals surface area contributed by atoms with Crippen molar-refractivity contribution < 1.29 is 0 Å². The summed E-state index contributed by atoms with van der Waals surface area (Å²) in [5.41, 5.74) is 8.10. The first-order valence-electron chi connectivity index (χ1n) is 7.62. The number of benzene rings is 2. The van der Waals surface area contributed by atoms with Gasteiger partial charge in [-0.1, -0.05) is 39.0 Å². The van der Waals surface area contributed by atoms with E-state index in [1.807, 2.05) is 0 Å². The average Bonchev–Trinajstić information content (AvgIpc) is 2.41. The van der Waals surface area contributed by atoms with Crippen molar-refractivity contribution in [2.24, 2.45) is 0 Å². The molecule has 0 atom stereocenters. The first-order chi connectivity index (χ1) is 9.70. The third-order valence-electron chi connectivity index (χ3n) is 4.29. The van der Waals surface area contributed by atoms with Gasteiger partial charge in [0.25, 0.3) is 0 Å². The molecule has 2 rings (SSSR count). The van der Waals surface area contributed by atoms with Crippen LogP contribution in [0.15, 0.2) is 36.4 Å². The summed E-state index contributed by atoms with van der Waals surface area (Å²) in [5, 5.41) is 0. The van der Waals surface area contributed by atoms with Gasteiger partial charge in [0, 0.05) is 18.4 Å². The Hall–Kier alpha value is -1.76. The largest absolute Gasteiger partial charge is 0.344 e. The molecular formula is C20H27N. The molecule has 0 aliphatic heterocycles. The Balaban J connectivity index is 2.36. The fourth-order valence-electron chi connectivity index (χ4n) is 2.63. The predicted octanol–water partition coefficient (Wildman–Crippen LogP) is 5.68. The molecule has 2 aromatic rings. The molecule has 1 heteroatoms. The summed E-state index contributed by atoms with van der Waals surface area (Å²) in [4.78, 5) is 2.27. The number of nitrogens with zero attached hydrogens (tertiary/aromatic N) is 1. The number of anilines is 2. The van der Waals surface area contributed by atoms with Crippen LogP contribution in [0.2, 0.25) is 0 Å². The Kier molecular flexibility index (Phi) is 4.13. The van der Waals surface area contributed by atoms with E-state index in [0.29, 0.717) is 0 Å². The van der Waals surface area contributed by atoms with Gasteiger partial charge in [-0.25, -0.2) is 0 Å². The SMILES string of the molecule is Cc1cc(C)c(N(C)c2ccc(C(C)(C)C)cc2)cc1C. The van der Waals surface area contributed by atoms with Crippen molar-refractivity contribution in [2.45, 2.75) is 47.0 Å². The van der Waals surface area contributed by atoms with Crippen molar-refractivity contribution in [3.8, 4) is 0 Å². The molecule has 0 unspecified atom stereocenters. The molecule has 0 fully saturated rings. The van der Waals surface area contributed by atoms with Gasteiger partial charge in [-0.15, -0.1) is 0 Å². The molecule has 0 radical (unpaired) electrons.